The Kier molecular flexibility index (Phi) is 2.38. The molecule has 0 aromatic heterocycles. The van der Waals surface area contributed by atoms with Gasteiger partial charge in [-0.05, 0) is 54.2 Å². The highest BCUT2D eigenvalue weighted by Crippen LogP contribution is 2.73. The van der Waals surface area contributed by atoms with Crippen LogP contribution in [0.15, 0.2) is 24.3 Å². The Balaban J connectivity index is 1.72. The smallest absolute Gasteiger partial charge is 0.000577 e. The largest absolute Gasteiger partial charge is 0.319 e. The van der Waals surface area contributed by atoms with Crippen LogP contribution in [0.25, 0.3) is 0 Å². The van der Waals surface area contributed by atoms with Crippen molar-refractivity contribution in [2.75, 3.05) is 13.6 Å². The number of hydrogen-bond donors (Lipinski definition) is 1. The lowest BCUT2D eigenvalue weighted by molar-refractivity contribution is -0.137. The molecule has 0 unspecified atom stereocenters. The zero-order valence-corrected chi connectivity index (χ0v) is 11.2. The van der Waals surface area contributed by atoms with Crippen LogP contribution in [0.2, 0.25) is 0 Å². The lowest BCUT2D eigenvalue weighted by atomic mass is 9.33. The number of benzene rings is 1. The van der Waals surface area contributed by atoms with Gasteiger partial charge in [-0.3, -0.25) is 0 Å². The Morgan fingerprint density at radius 1 is 1.12 bits per heavy atom. The number of hydrogen-bond acceptors (Lipinski definition) is 1. The molecular formula is C16H23N. The summed E-state index contributed by atoms with van der Waals surface area (Å²) >= 11 is 0. The average molecular weight is 229 g/mol. The van der Waals surface area contributed by atoms with E-state index in [0.29, 0.717) is 16.7 Å². The Bertz CT molecular complexity index is 396. The number of nitrogens with one attached hydrogen (secondary N) is 1. The normalized spacial score (nSPS) is 34.4. The van der Waals surface area contributed by atoms with Crippen molar-refractivity contribution in [1.82, 2.24) is 5.32 Å². The van der Waals surface area contributed by atoms with Crippen LogP contribution in [0.4, 0.5) is 0 Å². The van der Waals surface area contributed by atoms with E-state index in [1.807, 2.05) is 0 Å². The van der Waals surface area contributed by atoms with Crippen molar-refractivity contribution < 1.29 is 0 Å². The van der Waals surface area contributed by atoms with E-state index in [0.717, 1.165) is 0 Å². The molecule has 17 heavy (non-hydrogen) atoms. The van der Waals surface area contributed by atoms with E-state index in [1.54, 1.807) is 5.56 Å². The van der Waals surface area contributed by atoms with Crippen LogP contribution in [0.1, 0.15) is 50.2 Å². The summed E-state index contributed by atoms with van der Waals surface area (Å²) in [7, 11) is 2.07. The van der Waals surface area contributed by atoms with Gasteiger partial charge < -0.3 is 5.32 Å². The summed E-state index contributed by atoms with van der Waals surface area (Å²) in [4.78, 5) is 0. The third-order valence-electron chi connectivity index (χ3n) is 4.88. The molecule has 0 spiro atoms. The third-order valence-corrected chi connectivity index (χ3v) is 4.88. The number of rotatable bonds is 4. The van der Waals surface area contributed by atoms with E-state index in [9.17, 15) is 0 Å². The monoisotopic (exact) mass is 229 g/mol. The van der Waals surface area contributed by atoms with Gasteiger partial charge in [-0.2, -0.15) is 0 Å². The summed E-state index contributed by atoms with van der Waals surface area (Å²) in [6, 6.07) is 9.39. The van der Waals surface area contributed by atoms with Gasteiger partial charge in [0.05, 0.1) is 0 Å². The molecule has 2 bridgehead atoms. The molecule has 3 fully saturated rings. The molecule has 0 atom stereocenters. The Labute approximate surface area is 105 Å². The van der Waals surface area contributed by atoms with Gasteiger partial charge in [0.1, 0.15) is 0 Å². The molecule has 1 aromatic rings. The minimum atomic E-state index is 0.562. The third kappa shape index (κ3) is 1.55. The first-order valence-electron chi connectivity index (χ1n) is 6.84. The van der Waals surface area contributed by atoms with Crippen LogP contribution in [0.3, 0.4) is 0 Å². The zero-order chi connectivity index (χ0) is 12.1. The highest BCUT2D eigenvalue weighted by molar-refractivity contribution is 5.40. The van der Waals surface area contributed by atoms with Crippen LogP contribution < -0.4 is 5.32 Å². The van der Waals surface area contributed by atoms with Gasteiger partial charge in [0, 0.05) is 6.54 Å². The molecule has 1 nitrogen and oxygen atoms in total. The van der Waals surface area contributed by atoms with Gasteiger partial charge in [0.2, 0.25) is 0 Å². The standard InChI is InChI=1S/C16H23N/c1-12(2)13-4-6-14(7-5-13)16-8-15(9-16,10-16)11-17-3/h4-7,12,17H,8-11H2,1-3H3. The van der Waals surface area contributed by atoms with Crippen LogP contribution in [-0.4, -0.2) is 13.6 Å². The topological polar surface area (TPSA) is 12.0 Å². The fraction of sp³-hybridized carbons (Fsp3) is 0.625. The summed E-state index contributed by atoms with van der Waals surface area (Å²) in [5, 5.41) is 3.34. The second kappa shape index (κ2) is 3.58. The summed E-state index contributed by atoms with van der Waals surface area (Å²) in [5.41, 5.74) is 4.27. The van der Waals surface area contributed by atoms with Gasteiger partial charge >= 0.3 is 0 Å². The first-order chi connectivity index (χ1) is 8.09. The molecule has 1 N–H and O–H groups in total. The maximum atomic E-state index is 3.34. The maximum Gasteiger partial charge on any atom is 0.000577 e. The highest BCUT2D eigenvalue weighted by Gasteiger charge is 2.67. The minimum absolute atomic E-state index is 0.562. The van der Waals surface area contributed by atoms with Crippen molar-refractivity contribution in [2.24, 2.45) is 5.41 Å². The molecule has 92 valence electrons. The molecule has 4 rings (SSSR count). The molecule has 1 heteroatoms. The molecule has 0 heterocycles. The Morgan fingerprint density at radius 3 is 2.18 bits per heavy atom. The zero-order valence-electron chi connectivity index (χ0n) is 11.2. The molecule has 3 aliphatic carbocycles. The lowest BCUT2D eigenvalue weighted by Crippen LogP contribution is -2.67. The maximum absolute atomic E-state index is 3.34. The first kappa shape index (κ1) is 11.3. The second-order valence-electron chi connectivity index (χ2n) is 6.62. The molecule has 0 amide bonds. The summed E-state index contributed by atoms with van der Waals surface area (Å²) in [6.07, 6.45) is 4.21. The fourth-order valence-corrected chi connectivity index (χ4v) is 4.09. The van der Waals surface area contributed by atoms with Crippen molar-refractivity contribution in [3.05, 3.63) is 35.4 Å². The van der Waals surface area contributed by atoms with E-state index in [2.05, 4.69) is 50.5 Å². The molecule has 1 aromatic carbocycles. The lowest BCUT2D eigenvalue weighted by Gasteiger charge is -2.71. The van der Waals surface area contributed by atoms with Crippen molar-refractivity contribution in [2.45, 2.75) is 44.4 Å². The van der Waals surface area contributed by atoms with Crippen LogP contribution in [0, 0.1) is 5.41 Å². The summed E-state index contributed by atoms with van der Waals surface area (Å²) in [5.74, 6) is 0.646. The van der Waals surface area contributed by atoms with Gasteiger partial charge in [0.15, 0.2) is 0 Å². The van der Waals surface area contributed by atoms with Crippen LogP contribution in [-0.2, 0) is 5.41 Å². The van der Waals surface area contributed by atoms with Crippen molar-refractivity contribution in [3.8, 4) is 0 Å². The van der Waals surface area contributed by atoms with Gasteiger partial charge in [-0.15, -0.1) is 0 Å². The Hall–Kier alpha value is -0.820. The molecule has 3 aliphatic rings. The predicted molar refractivity (Wildman–Crippen MR) is 72.4 cm³/mol. The van der Waals surface area contributed by atoms with E-state index >= 15 is 0 Å². The quantitative estimate of drug-likeness (QED) is 0.834. The highest BCUT2D eigenvalue weighted by atomic mass is 14.9. The fourth-order valence-electron chi connectivity index (χ4n) is 4.09. The molecule has 3 saturated carbocycles. The minimum Gasteiger partial charge on any atom is -0.319 e. The van der Waals surface area contributed by atoms with Crippen molar-refractivity contribution >= 4 is 0 Å². The van der Waals surface area contributed by atoms with Gasteiger partial charge in [0.25, 0.3) is 0 Å². The average Bonchev–Trinajstić information content (AvgIpc) is 2.21. The molecule has 0 radical (unpaired) electrons. The SMILES string of the molecule is CNCC12CC(c3ccc(C(C)C)cc3)(C1)C2. The van der Waals surface area contributed by atoms with E-state index < -0.39 is 0 Å². The second-order valence-corrected chi connectivity index (χ2v) is 6.62. The first-order valence-corrected chi connectivity index (χ1v) is 6.84. The van der Waals surface area contributed by atoms with E-state index in [1.165, 1.54) is 31.4 Å². The molecular weight excluding hydrogens is 206 g/mol. The van der Waals surface area contributed by atoms with Crippen molar-refractivity contribution in [3.63, 3.8) is 0 Å². The molecule has 0 aliphatic heterocycles. The van der Waals surface area contributed by atoms with Crippen LogP contribution >= 0.6 is 0 Å². The summed E-state index contributed by atoms with van der Waals surface area (Å²) in [6.45, 7) is 5.73. The van der Waals surface area contributed by atoms with Crippen LogP contribution in [0.5, 0.6) is 0 Å². The molecule has 0 saturated heterocycles. The van der Waals surface area contributed by atoms with E-state index in [-0.39, 0.29) is 0 Å². The van der Waals surface area contributed by atoms with Crippen molar-refractivity contribution in [1.29, 1.82) is 0 Å². The van der Waals surface area contributed by atoms with Gasteiger partial charge in [-0.1, -0.05) is 38.1 Å². The predicted octanol–water partition coefficient (Wildman–Crippen LogP) is 3.45. The Morgan fingerprint density at radius 2 is 1.71 bits per heavy atom. The van der Waals surface area contributed by atoms with E-state index in [4.69, 9.17) is 0 Å². The summed E-state index contributed by atoms with van der Waals surface area (Å²) < 4.78 is 0. The van der Waals surface area contributed by atoms with Gasteiger partial charge in [-0.25, -0.2) is 0 Å².